The molecule has 0 bridgehead atoms. The molecule has 3 heterocycles. The summed E-state index contributed by atoms with van der Waals surface area (Å²) in [5, 5.41) is 6.71. The second kappa shape index (κ2) is 11.0. The van der Waals surface area contributed by atoms with Crippen LogP contribution < -0.4 is 4.90 Å². The zero-order chi connectivity index (χ0) is 32.3. The van der Waals surface area contributed by atoms with Crippen LogP contribution in [-0.2, 0) is 0 Å². The molecule has 0 aliphatic rings. The van der Waals surface area contributed by atoms with Crippen LogP contribution in [0, 0.1) is 0 Å². The van der Waals surface area contributed by atoms with Crippen molar-refractivity contribution in [1.29, 1.82) is 0 Å². The number of benzene rings is 7. The van der Waals surface area contributed by atoms with Crippen molar-refractivity contribution in [2.45, 2.75) is 0 Å². The van der Waals surface area contributed by atoms with E-state index in [1.807, 2.05) is 30.6 Å². The predicted molar refractivity (Wildman–Crippen MR) is 202 cm³/mol. The lowest BCUT2D eigenvalue weighted by molar-refractivity contribution is 0.669. The molecule has 7 aromatic carbocycles. The van der Waals surface area contributed by atoms with Gasteiger partial charge in [0.1, 0.15) is 22.3 Å². The number of fused-ring (bicyclic) bond motifs is 8. The molecule has 0 saturated carbocycles. The second-order valence-electron chi connectivity index (χ2n) is 12.3. The Morgan fingerprint density at radius 2 is 1.12 bits per heavy atom. The Balaban J connectivity index is 1.22. The molecule has 0 aliphatic carbocycles. The van der Waals surface area contributed by atoms with E-state index in [9.17, 15) is 0 Å². The van der Waals surface area contributed by atoms with Gasteiger partial charge in [0.2, 0.25) is 0 Å². The highest BCUT2D eigenvalue weighted by Gasteiger charge is 2.22. The molecule has 0 fully saturated rings. The standard InChI is InChI=1S/C45H28N2O2/c1-2-14-31(15-3-1)47(32-16-8-12-29(26-32)34-21-9-22-38-36-18-6-7-23-40(36)49-45(34)38)39-27-42-44(37-19-5-4-17-35(37)39)43-33(20-10-24-41(43)48-42)30-13-11-25-46-28-30/h1-28H. The number of pyridine rings is 1. The van der Waals surface area contributed by atoms with Crippen LogP contribution in [0.25, 0.3) is 76.9 Å². The summed E-state index contributed by atoms with van der Waals surface area (Å²) < 4.78 is 13.1. The quantitative estimate of drug-likeness (QED) is 0.190. The average molecular weight is 629 g/mol. The molecule has 0 radical (unpaired) electrons. The van der Waals surface area contributed by atoms with Gasteiger partial charge in [-0.1, -0.05) is 109 Å². The van der Waals surface area contributed by atoms with Gasteiger partial charge in [0.15, 0.2) is 0 Å². The first kappa shape index (κ1) is 27.5. The SMILES string of the molecule is c1ccc(N(c2cccc(-c3cccc4c3oc3ccccc34)c2)c2cc3oc4cccc(-c5cccnc5)c4c3c3ccccc23)cc1. The van der Waals surface area contributed by atoms with Crippen molar-refractivity contribution in [1.82, 2.24) is 4.98 Å². The van der Waals surface area contributed by atoms with E-state index < -0.39 is 0 Å². The van der Waals surface area contributed by atoms with Crippen molar-refractivity contribution < 1.29 is 8.83 Å². The van der Waals surface area contributed by atoms with Crippen molar-refractivity contribution in [3.05, 3.63) is 170 Å². The third-order valence-electron chi connectivity index (χ3n) is 9.53. The summed E-state index contributed by atoms with van der Waals surface area (Å²) in [4.78, 5) is 6.75. The van der Waals surface area contributed by atoms with Crippen LogP contribution in [-0.4, -0.2) is 4.98 Å². The Bertz CT molecular complexity index is 2830. The lowest BCUT2D eigenvalue weighted by Crippen LogP contribution is -2.10. The number of nitrogens with zero attached hydrogens (tertiary/aromatic N) is 2. The lowest BCUT2D eigenvalue weighted by Gasteiger charge is -2.27. The van der Waals surface area contributed by atoms with E-state index in [0.717, 1.165) is 94.0 Å². The Kier molecular flexibility index (Phi) is 6.15. The molecule has 0 spiro atoms. The summed E-state index contributed by atoms with van der Waals surface area (Å²) in [7, 11) is 0. The summed E-state index contributed by atoms with van der Waals surface area (Å²) >= 11 is 0. The van der Waals surface area contributed by atoms with Gasteiger partial charge in [0.05, 0.1) is 5.69 Å². The summed E-state index contributed by atoms with van der Waals surface area (Å²) in [5.74, 6) is 0. The monoisotopic (exact) mass is 628 g/mol. The van der Waals surface area contributed by atoms with Crippen LogP contribution in [0.2, 0.25) is 0 Å². The normalized spacial score (nSPS) is 11.7. The molecule has 3 aromatic heterocycles. The molecule has 49 heavy (non-hydrogen) atoms. The van der Waals surface area contributed by atoms with Crippen LogP contribution in [0.4, 0.5) is 17.1 Å². The van der Waals surface area contributed by atoms with Gasteiger partial charge < -0.3 is 13.7 Å². The fraction of sp³-hybridized carbons (Fsp3) is 0. The molecule has 4 nitrogen and oxygen atoms in total. The van der Waals surface area contributed by atoms with Gasteiger partial charge >= 0.3 is 0 Å². The van der Waals surface area contributed by atoms with Gasteiger partial charge in [-0.05, 0) is 59.0 Å². The lowest BCUT2D eigenvalue weighted by atomic mass is 9.96. The molecular formula is C45H28N2O2. The smallest absolute Gasteiger partial charge is 0.143 e. The molecule has 0 amide bonds. The maximum atomic E-state index is 6.70. The topological polar surface area (TPSA) is 42.4 Å². The fourth-order valence-electron chi connectivity index (χ4n) is 7.40. The Morgan fingerprint density at radius 3 is 2.00 bits per heavy atom. The van der Waals surface area contributed by atoms with Gasteiger partial charge in [-0.25, -0.2) is 0 Å². The summed E-state index contributed by atoms with van der Waals surface area (Å²) in [6.07, 6.45) is 3.73. The molecule has 10 rings (SSSR count). The van der Waals surface area contributed by atoms with Crippen molar-refractivity contribution in [2.24, 2.45) is 0 Å². The van der Waals surface area contributed by atoms with Crippen LogP contribution >= 0.6 is 0 Å². The Hall–Kier alpha value is -6.65. The summed E-state index contributed by atoms with van der Waals surface area (Å²) in [5.41, 5.74) is 10.9. The summed E-state index contributed by atoms with van der Waals surface area (Å²) in [6, 6.07) is 55.1. The van der Waals surface area contributed by atoms with Gasteiger partial charge in [0.25, 0.3) is 0 Å². The third-order valence-corrected chi connectivity index (χ3v) is 9.53. The molecule has 0 N–H and O–H groups in total. The maximum Gasteiger partial charge on any atom is 0.143 e. The van der Waals surface area contributed by atoms with Gasteiger partial charge in [0, 0.05) is 67.9 Å². The number of para-hydroxylation sites is 3. The van der Waals surface area contributed by atoms with E-state index >= 15 is 0 Å². The summed E-state index contributed by atoms with van der Waals surface area (Å²) in [6.45, 7) is 0. The minimum absolute atomic E-state index is 0.837. The van der Waals surface area contributed by atoms with Crippen molar-refractivity contribution in [3.63, 3.8) is 0 Å². The van der Waals surface area contributed by atoms with Gasteiger partial charge in [-0.15, -0.1) is 0 Å². The van der Waals surface area contributed by atoms with Gasteiger partial charge in [-0.3, -0.25) is 4.98 Å². The minimum Gasteiger partial charge on any atom is -0.456 e. The first-order chi connectivity index (χ1) is 24.3. The molecule has 0 saturated heterocycles. The number of furan rings is 2. The van der Waals surface area contributed by atoms with Crippen LogP contribution in [0.15, 0.2) is 179 Å². The predicted octanol–water partition coefficient (Wildman–Crippen LogP) is 12.8. The first-order valence-corrected chi connectivity index (χ1v) is 16.4. The van der Waals surface area contributed by atoms with Crippen molar-refractivity contribution in [3.8, 4) is 22.3 Å². The fourth-order valence-corrected chi connectivity index (χ4v) is 7.40. The highest BCUT2D eigenvalue weighted by molar-refractivity contribution is 6.25. The van der Waals surface area contributed by atoms with E-state index in [4.69, 9.17) is 8.83 Å². The van der Waals surface area contributed by atoms with Crippen molar-refractivity contribution >= 4 is 71.7 Å². The molecule has 0 unspecified atom stereocenters. The molecular weight excluding hydrogens is 601 g/mol. The average Bonchev–Trinajstić information content (AvgIpc) is 3.75. The molecule has 0 aliphatic heterocycles. The number of hydrogen-bond acceptors (Lipinski definition) is 4. The van der Waals surface area contributed by atoms with Crippen LogP contribution in [0.1, 0.15) is 0 Å². The van der Waals surface area contributed by atoms with Gasteiger partial charge in [-0.2, -0.15) is 0 Å². The van der Waals surface area contributed by atoms with E-state index in [-0.39, 0.29) is 0 Å². The Labute approximate surface area is 282 Å². The van der Waals surface area contributed by atoms with E-state index in [1.54, 1.807) is 0 Å². The zero-order valence-corrected chi connectivity index (χ0v) is 26.4. The van der Waals surface area contributed by atoms with Crippen molar-refractivity contribution in [2.75, 3.05) is 4.90 Å². The van der Waals surface area contributed by atoms with Crippen LogP contribution in [0.3, 0.4) is 0 Å². The van der Waals surface area contributed by atoms with E-state index in [1.165, 1.54) is 0 Å². The number of rotatable bonds is 5. The second-order valence-corrected chi connectivity index (χ2v) is 12.3. The highest BCUT2D eigenvalue weighted by atomic mass is 16.3. The first-order valence-electron chi connectivity index (χ1n) is 16.4. The van der Waals surface area contributed by atoms with E-state index in [2.05, 4.69) is 149 Å². The minimum atomic E-state index is 0.837. The third kappa shape index (κ3) is 4.35. The largest absolute Gasteiger partial charge is 0.456 e. The molecule has 230 valence electrons. The molecule has 0 atom stereocenters. The highest BCUT2D eigenvalue weighted by Crippen LogP contribution is 2.47. The number of hydrogen-bond donors (Lipinski definition) is 0. The number of aromatic nitrogens is 1. The number of anilines is 3. The zero-order valence-electron chi connectivity index (χ0n) is 26.4. The molecule has 10 aromatic rings. The maximum absolute atomic E-state index is 6.70. The molecule has 4 heteroatoms. The van der Waals surface area contributed by atoms with E-state index in [0.29, 0.717) is 0 Å². The van der Waals surface area contributed by atoms with Crippen LogP contribution in [0.5, 0.6) is 0 Å². The Morgan fingerprint density at radius 1 is 0.429 bits per heavy atom.